The van der Waals surface area contributed by atoms with E-state index < -0.39 is 40.9 Å². The van der Waals surface area contributed by atoms with Crippen LogP contribution in [0.5, 0.6) is 0 Å². The van der Waals surface area contributed by atoms with Gasteiger partial charge in [0.15, 0.2) is 0 Å². The van der Waals surface area contributed by atoms with Gasteiger partial charge in [-0.1, -0.05) is 70.2 Å². The standard InChI is InChI=1S/C33H37F4NO2/c1-21-14-16-38(17-15-21)30(23-10-12-24(34)13-11-23)27-19-29(33(35,36)37)26(28(31(39)40)20-32(2,3)4)18-25(27)22-8-6-5-7-9-22/h5-13,18-19,21,28,30H,14-17,20H2,1-4H3,(H,39,40)/t28-,30-/m1/s1. The van der Waals surface area contributed by atoms with Gasteiger partial charge >= 0.3 is 12.1 Å². The third-order valence-electron chi connectivity index (χ3n) is 7.77. The molecule has 3 aromatic carbocycles. The van der Waals surface area contributed by atoms with Crippen molar-refractivity contribution < 1.29 is 27.5 Å². The van der Waals surface area contributed by atoms with Crippen molar-refractivity contribution in [2.24, 2.45) is 11.3 Å². The van der Waals surface area contributed by atoms with E-state index in [1.165, 1.54) is 18.2 Å². The van der Waals surface area contributed by atoms with Crippen LogP contribution in [0.2, 0.25) is 0 Å². The molecule has 1 N–H and O–H groups in total. The van der Waals surface area contributed by atoms with E-state index in [9.17, 15) is 27.5 Å². The number of hydrogen-bond donors (Lipinski definition) is 1. The highest BCUT2D eigenvalue weighted by Crippen LogP contribution is 2.46. The van der Waals surface area contributed by atoms with Gasteiger partial charge in [-0.2, -0.15) is 13.2 Å². The zero-order chi connectivity index (χ0) is 29.2. The number of carbonyl (C=O) groups is 1. The molecule has 1 aliphatic rings. The normalized spacial score (nSPS) is 17.0. The Morgan fingerprint density at radius 1 is 0.950 bits per heavy atom. The van der Waals surface area contributed by atoms with Crippen LogP contribution < -0.4 is 0 Å². The number of carboxylic acids is 1. The maximum Gasteiger partial charge on any atom is 0.416 e. The molecule has 1 fully saturated rings. The largest absolute Gasteiger partial charge is 0.481 e. The number of likely N-dealkylation sites (tertiary alicyclic amines) is 1. The third kappa shape index (κ3) is 6.92. The molecule has 40 heavy (non-hydrogen) atoms. The zero-order valence-corrected chi connectivity index (χ0v) is 23.4. The van der Waals surface area contributed by atoms with Gasteiger partial charge in [0, 0.05) is 0 Å². The highest BCUT2D eigenvalue weighted by Gasteiger charge is 2.41. The summed E-state index contributed by atoms with van der Waals surface area (Å²) in [4.78, 5) is 14.6. The second-order valence-electron chi connectivity index (χ2n) is 12.2. The summed E-state index contributed by atoms with van der Waals surface area (Å²) in [6.07, 6.45) is -2.93. The highest BCUT2D eigenvalue weighted by atomic mass is 19.4. The maximum atomic E-state index is 14.8. The van der Waals surface area contributed by atoms with Crippen molar-refractivity contribution in [1.29, 1.82) is 0 Å². The maximum absolute atomic E-state index is 14.8. The molecule has 1 heterocycles. The van der Waals surface area contributed by atoms with E-state index in [1.54, 1.807) is 12.1 Å². The van der Waals surface area contributed by atoms with E-state index in [4.69, 9.17) is 0 Å². The van der Waals surface area contributed by atoms with Gasteiger partial charge in [0.25, 0.3) is 0 Å². The van der Waals surface area contributed by atoms with Gasteiger partial charge in [-0.05, 0) is 95.8 Å². The molecule has 1 aliphatic heterocycles. The highest BCUT2D eigenvalue weighted by molar-refractivity contribution is 5.79. The average Bonchev–Trinajstić information content (AvgIpc) is 2.89. The van der Waals surface area contributed by atoms with E-state index in [2.05, 4.69) is 11.8 Å². The van der Waals surface area contributed by atoms with Gasteiger partial charge in [0.05, 0.1) is 17.5 Å². The van der Waals surface area contributed by atoms with Crippen molar-refractivity contribution in [2.75, 3.05) is 13.1 Å². The summed E-state index contributed by atoms with van der Waals surface area (Å²) < 4.78 is 58.3. The fourth-order valence-electron chi connectivity index (χ4n) is 5.72. The third-order valence-corrected chi connectivity index (χ3v) is 7.77. The molecule has 0 unspecified atom stereocenters. The number of carboxylic acid groups (broad SMARTS) is 1. The summed E-state index contributed by atoms with van der Waals surface area (Å²) in [7, 11) is 0. The number of halogens is 4. The van der Waals surface area contributed by atoms with E-state index in [0.717, 1.165) is 18.9 Å². The first-order chi connectivity index (χ1) is 18.7. The summed E-state index contributed by atoms with van der Waals surface area (Å²) in [6, 6.07) is 17.1. The van der Waals surface area contributed by atoms with Crippen LogP contribution in [0, 0.1) is 17.2 Å². The monoisotopic (exact) mass is 555 g/mol. The van der Waals surface area contributed by atoms with Crippen LogP contribution in [0.1, 0.15) is 81.2 Å². The Balaban J connectivity index is 2.04. The molecule has 0 aliphatic carbocycles. The average molecular weight is 556 g/mol. The first-order valence-electron chi connectivity index (χ1n) is 13.8. The Bertz CT molecular complexity index is 1310. The summed E-state index contributed by atoms with van der Waals surface area (Å²) in [5.41, 5.74) is 0.695. The quantitative estimate of drug-likeness (QED) is 0.296. The second kappa shape index (κ2) is 11.7. The molecule has 3 nitrogen and oxygen atoms in total. The summed E-state index contributed by atoms with van der Waals surface area (Å²) in [5.74, 6) is -2.54. The molecule has 3 aromatic rings. The number of aliphatic carboxylic acids is 1. The number of rotatable bonds is 7. The first-order valence-corrected chi connectivity index (χ1v) is 13.8. The Kier molecular flexibility index (Phi) is 8.74. The Morgan fingerprint density at radius 2 is 1.55 bits per heavy atom. The Hall–Kier alpha value is -3.19. The SMILES string of the molecule is CC1CCN([C@H](c2ccc(F)cc2)c2cc(C(F)(F)F)c([C@@H](CC(C)(C)C)C(=O)O)cc2-c2ccccc2)CC1. The lowest BCUT2D eigenvalue weighted by Crippen LogP contribution is -2.37. The molecule has 7 heteroatoms. The number of benzene rings is 3. The minimum absolute atomic E-state index is 0.0460. The van der Waals surface area contributed by atoms with Crippen molar-refractivity contribution in [2.45, 2.75) is 65.1 Å². The molecule has 0 saturated carbocycles. The fourth-order valence-corrected chi connectivity index (χ4v) is 5.72. The van der Waals surface area contributed by atoms with Gasteiger partial charge in [-0.3, -0.25) is 9.69 Å². The minimum atomic E-state index is -4.77. The van der Waals surface area contributed by atoms with Gasteiger partial charge in [-0.25, -0.2) is 4.39 Å². The molecule has 0 spiro atoms. The molecule has 214 valence electrons. The summed E-state index contributed by atoms with van der Waals surface area (Å²) >= 11 is 0. The minimum Gasteiger partial charge on any atom is -0.481 e. The van der Waals surface area contributed by atoms with Crippen LogP contribution in [0.25, 0.3) is 11.1 Å². The number of piperidine rings is 1. The lowest BCUT2D eigenvalue weighted by molar-refractivity contribution is -0.142. The van der Waals surface area contributed by atoms with Crippen molar-refractivity contribution in [1.82, 2.24) is 4.90 Å². The number of alkyl halides is 3. The predicted octanol–water partition coefficient (Wildman–Crippen LogP) is 8.94. The second-order valence-corrected chi connectivity index (χ2v) is 12.2. The predicted molar refractivity (Wildman–Crippen MR) is 150 cm³/mol. The summed E-state index contributed by atoms with van der Waals surface area (Å²) in [5, 5.41) is 10.1. The Morgan fingerprint density at radius 3 is 2.08 bits per heavy atom. The smallest absolute Gasteiger partial charge is 0.416 e. The molecule has 0 amide bonds. The van der Waals surface area contributed by atoms with Gasteiger partial charge in [-0.15, -0.1) is 0 Å². The van der Waals surface area contributed by atoms with E-state index in [1.807, 2.05) is 51.1 Å². The van der Waals surface area contributed by atoms with Gasteiger partial charge in [0.2, 0.25) is 0 Å². The van der Waals surface area contributed by atoms with Gasteiger partial charge < -0.3 is 5.11 Å². The molecule has 0 radical (unpaired) electrons. The zero-order valence-electron chi connectivity index (χ0n) is 23.4. The summed E-state index contributed by atoms with van der Waals surface area (Å²) in [6.45, 7) is 9.00. The first kappa shape index (κ1) is 29.8. The number of nitrogens with zero attached hydrogens (tertiary/aromatic N) is 1. The lowest BCUT2D eigenvalue weighted by atomic mass is 9.77. The van der Waals surface area contributed by atoms with Crippen molar-refractivity contribution in [3.05, 3.63) is 94.8 Å². The molecular formula is C33H37F4NO2. The number of hydrogen-bond acceptors (Lipinski definition) is 2. The molecule has 0 aromatic heterocycles. The van der Waals surface area contributed by atoms with Crippen LogP contribution in [-0.2, 0) is 11.0 Å². The fraction of sp³-hybridized carbons (Fsp3) is 0.424. The lowest BCUT2D eigenvalue weighted by Gasteiger charge is -2.39. The Labute approximate surface area is 233 Å². The molecule has 4 rings (SSSR count). The van der Waals surface area contributed by atoms with Crippen LogP contribution in [0.3, 0.4) is 0 Å². The van der Waals surface area contributed by atoms with Crippen molar-refractivity contribution in [3.63, 3.8) is 0 Å². The van der Waals surface area contributed by atoms with Gasteiger partial charge in [0.1, 0.15) is 5.82 Å². The van der Waals surface area contributed by atoms with Crippen molar-refractivity contribution in [3.8, 4) is 11.1 Å². The van der Waals surface area contributed by atoms with Crippen LogP contribution in [0.4, 0.5) is 17.6 Å². The molecule has 1 saturated heterocycles. The van der Waals surface area contributed by atoms with E-state index in [0.29, 0.717) is 41.3 Å². The van der Waals surface area contributed by atoms with Crippen LogP contribution in [0.15, 0.2) is 66.7 Å². The van der Waals surface area contributed by atoms with Crippen LogP contribution >= 0.6 is 0 Å². The molecule has 0 bridgehead atoms. The van der Waals surface area contributed by atoms with Crippen LogP contribution in [-0.4, -0.2) is 29.1 Å². The molecule has 2 atom stereocenters. The molecular weight excluding hydrogens is 518 g/mol. The van der Waals surface area contributed by atoms with E-state index in [-0.39, 0.29) is 12.0 Å². The van der Waals surface area contributed by atoms with Crippen molar-refractivity contribution >= 4 is 5.97 Å². The van der Waals surface area contributed by atoms with E-state index >= 15 is 0 Å². The topological polar surface area (TPSA) is 40.5 Å².